The van der Waals surface area contributed by atoms with Gasteiger partial charge in [0.2, 0.25) is 5.91 Å². The van der Waals surface area contributed by atoms with E-state index in [-0.39, 0.29) is 30.5 Å². The highest BCUT2D eigenvalue weighted by molar-refractivity contribution is 7.17. The second-order valence-corrected chi connectivity index (χ2v) is 11.8. The standard InChI is InChI=1S/C30H29ClN6OS2/c1-18-19(2)39-30-27(18)28(21-9-11-22(31)12-10-21)36-25(29(34)37(30)20(3)33)17-26(38)35-16-6-8-24-14-13-23(40-24)7-4-5-15-32/h9-14,25,33-34H,5,15-17,32H2,1-3H3,(H,35,38)/t25-/m0/s1. The number of carbonyl (C=O) groups excluding carboxylic acids is 1. The van der Waals surface area contributed by atoms with Gasteiger partial charge in [-0.3, -0.25) is 25.5 Å². The second kappa shape index (κ2) is 13.1. The molecule has 1 aromatic carbocycles. The third kappa shape index (κ3) is 6.70. The number of fused-ring (bicyclic) bond motifs is 1. The molecule has 1 amide bonds. The van der Waals surface area contributed by atoms with Gasteiger partial charge in [-0.05, 0) is 50.6 Å². The van der Waals surface area contributed by atoms with Crippen molar-refractivity contribution in [1.82, 2.24) is 5.32 Å². The lowest BCUT2D eigenvalue weighted by Gasteiger charge is -2.24. The maximum atomic E-state index is 13.0. The minimum atomic E-state index is -0.787. The molecule has 1 aliphatic rings. The fourth-order valence-corrected chi connectivity index (χ4v) is 6.21. The number of aliphatic imine (C=N–C) groups is 1. The number of nitrogens with one attached hydrogen (secondary N) is 3. The van der Waals surface area contributed by atoms with E-state index in [2.05, 4.69) is 29.0 Å². The Morgan fingerprint density at radius 2 is 1.80 bits per heavy atom. The molecule has 0 saturated heterocycles. The number of anilines is 1. The van der Waals surface area contributed by atoms with Gasteiger partial charge in [-0.1, -0.05) is 47.4 Å². The molecule has 3 aromatic rings. The molecular weight excluding hydrogens is 560 g/mol. The molecule has 0 spiro atoms. The van der Waals surface area contributed by atoms with Crippen molar-refractivity contribution < 1.29 is 4.79 Å². The zero-order valence-electron chi connectivity index (χ0n) is 22.4. The number of hydrogen-bond donors (Lipinski definition) is 4. The van der Waals surface area contributed by atoms with Gasteiger partial charge in [0.05, 0.1) is 28.4 Å². The van der Waals surface area contributed by atoms with Crippen LogP contribution >= 0.6 is 34.3 Å². The number of aryl methyl sites for hydroxylation is 1. The molecular formula is C30H29ClN6OS2. The van der Waals surface area contributed by atoms with Crippen LogP contribution < -0.4 is 16.0 Å². The van der Waals surface area contributed by atoms with Gasteiger partial charge in [0.15, 0.2) is 0 Å². The molecule has 7 nitrogen and oxygen atoms in total. The topological polar surface area (TPSA) is 118 Å². The van der Waals surface area contributed by atoms with E-state index in [1.807, 2.05) is 38.1 Å². The molecule has 40 heavy (non-hydrogen) atoms. The lowest BCUT2D eigenvalue weighted by Crippen LogP contribution is -2.42. The van der Waals surface area contributed by atoms with Crippen molar-refractivity contribution in [2.75, 3.05) is 18.0 Å². The third-order valence-corrected chi connectivity index (χ3v) is 8.51. The number of carbonyl (C=O) groups is 1. The van der Waals surface area contributed by atoms with Crippen LogP contribution in [0.4, 0.5) is 5.00 Å². The first-order chi connectivity index (χ1) is 19.2. The van der Waals surface area contributed by atoms with E-state index in [1.54, 1.807) is 24.0 Å². The van der Waals surface area contributed by atoms with Crippen LogP contribution in [0.1, 0.15) is 51.1 Å². The number of hydrogen-bond acceptors (Lipinski definition) is 7. The Bertz CT molecular complexity index is 1610. The third-order valence-electron chi connectivity index (χ3n) is 6.15. The Labute approximate surface area is 247 Å². The van der Waals surface area contributed by atoms with E-state index < -0.39 is 6.04 Å². The van der Waals surface area contributed by atoms with Gasteiger partial charge in [0, 0.05) is 34.0 Å². The molecule has 0 fully saturated rings. The number of nitrogens with two attached hydrogens (primary N) is 1. The number of amidine groups is 2. The molecule has 10 heteroatoms. The normalized spacial score (nSPS) is 14.2. The van der Waals surface area contributed by atoms with E-state index in [1.165, 1.54) is 22.7 Å². The summed E-state index contributed by atoms with van der Waals surface area (Å²) in [5, 5.41) is 21.6. The Hall–Kier alpha value is -3.73. The van der Waals surface area contributed by atoms with Crippen molar-refractivity contribution in [3.63, 3.8) is 0 Å². The van der Waals surface area contributed by atoms with Crippen molar-refractivity contribution in [1.29, 1.82) is 10.8 Å². The minimum absolute atomic E-state index is 0.0474. The van der Waals surface area contributed by atoms with Crippen molar-refractivity contribution in [3.8, 4) is 23.7 Å². The summed E-state index contributed by atoms with van der Waals surface area (Å²) in [5.41, 5.74) is 8.90. The quantitative estimate of drug-likeness (QED) is 0.183. The van der Waals surface area contributed by atoms with Crippen molar-refractivity contribution in [3.05, 3.63) is 72.7 Å². The fourth-order valence-electron chi connectivity index (χ4n) is 4.10. The molecule has 1 aliphatic heterocycles. The number of benzene rings is 1. The van der Waals surface area contributed by atoms with E-state index in [0.717, 1.165) is 36.3 Å². The highest BCUT2D eigenvalue weighted by Gasteiger charge is 2.34. The van der Waals surface area contributed by atoms with Gasteiger partial charge in [-0.2, -0.15) is 0 Å². The number of nitrogens with zero attached hydrogens (tertiary/aromatic N) is 2. The highest BCUT2D eigenvalue weighted by atomic mass is 35.5. The number of thiophene rings is 2. The van der Waals surface area contributed by atoms with E-state index in [0.29, 0.717) is 23.7 Å². The molecule has 204 valence electrons. The van der Waals surface area contributed by atoms with Crippen LogP contribution in [0, 0.1) is 48.3 Å². The molecule has 1 atom stereocenters. The van der Waals surface area contributed by atoms with Gasteiger partial charge in [0.25, 0.3) is 0 Å². The Morgan fingerprint density at radius 3 is 2.45 bits per heavy atom. The Balaban J connectivity index is 1.56. The zero-order chi connectivity index (χ0) is 28.8. The maximum absolute atomic E-state index is 13.0. The van der Waals surface area contributed by atoms with Crippen molar-refractivity contribution in [2.45, 2.75) is 39.7 Å². The van der Waals surface area contributed by atoms with Gasteiger partial charge < -0.3 is 11.1 Å². The van der Waals surface area contributed by atoms with E-state index in [4.69, 9.17) is 33.1 Å². The smallest absolute Gasteiger partial charge is 0.223 e. The molecule has 2 aromatic heterocycles. The molecule has 0 bridgehead atoms. The average molecular weight is 589 g/mol. The van der Waals surface area contributed by atoms with Gasteiger partial charge in [0.1, 0.15) is 22.7 Å². The molecule has 0 radical (unpaired) electrons. The predicted molar refractivity (Wildman–Crippen MR) is 168 cm³/mol. The molecule has 3 heterocycles. The summed E-state index contributed by atoms with van der Waals surface area (Å²) in [6, 6.07) is 10.4. The van der Waals surface area contributed by atoms with Gasteiger partial charge >= 0.3 is 0 Å². The fraction of sp³-hybridized carbons (Fsp3) is 0.267. The first-order valence-electron chi connectivity index (χ1n) is 12.6. The van der Waals surface area contributed by atoms with E-state index >= 15 is 0 Å². The first-order valence-corrected chi connectivity index (χ1v) is 14.6. The van der Waals surface area contributed by atoms with E-state index in [9.17, 15) is 4.79 Å². The van der Waals surface area contributed by atoms with Crippen LogP contribution in [-0.2, 0) is 4.79 Å². The Kier molecular flexibility index (Phi) is 9.57. The summed E-state index contributed by atoms with van der Waals surface area (Å²) in [7, 11) is 0. The van der Waals surface area contributed by atoms with Gasteiger partial charge in [-0.15, -0.1) is 22.7 Å². The second-order valence-electron chi connectivity index (χ2n) is 9.06. The molecule has 5 N–H and O–H groups in total. The van der Waals surface area contributed by atoms with Crippen LogP contribution in [-0.4, -0.2) is 42.4 Å². The summed E-state index contributed by atoms with van der Waals surface area (Å²) in [6.07, 6.45) is 0.605. The number of halogens is 1. The molecule has 4 rings (SSSR count). The largest absolute Gasteiger partial charge is 0.345 e. The average Bonchev–Trinajstić information content (AvgIpc) is 3.45. The summed E-state index contributed by atoms with van der Waals surface area (Å²) in [6.45, 7) is 6.38. The molecule has 0 aliphatic carbocycles. The van der Waals surface area contributed by atoms with Crippen LogP contribution in [0.15, 0.2) is 41.4 Å². The van der Waals surface area contributed by atoms with Crippen molar-refractivity contribution in [2.24, 2.45) is 10.7 Å². The summed E-state index contributed by atoms with van der Waals surface area (Å²) in [4.78, 5) is 22.4. The lowest BCUT2D eigenvalue weighted by molar-refractivity contribution is -0.120. The number of amides is 1. The SMILES string of the molecule is CC(=N)N1C(=N)[C@H](CC(=O)NCC#Cc2ccc(C#CCCN)s2)N=C(c2ccc(Cl)cc2)c2c1sc(C)c2C. The minimum Gasteiger partial charge on any atom is -0.345 e. The zero-order valence-corrected chi connectivity index (χ0v) is 24.8. The molecule has 0 unspecified atom stereocenters. The highest BCUT2D eigenvalue weighted by Crippen LogP contribution is 2.40. The van der Waals surface area contributed by atoms with Crippen LogP contribution in [0.25, 0.3) is 0 Å². The monoisotopic (exact) mass is 588 g/mol. The summed E-state index contributed by atoms with van der Waals surface area (Å²) < 4.78 is 0. The number of rotatable bonds is 5. The summed E-state index contributed by atoms with van der Waals surface area (Å²) >= 11 is 9.16. The maximum Gasteiger partial charge on any atom is 0.223 e. The molecule has 0 saturated carbocycles. The van der Waals surface area contributed by atoms with Crippen LogP contribution in [0.2, 0.25) is 5.02 Å². The van der Waals surface area contributed by atoms with Gasteiger partial charge in [-0.25, -0.2) is 0 Å². The first kappa shape index (κ1) is 29.3. The van der Waals surface area contributed by atoms with Crippen LogP contribution in [0.3, 0.4) is 0 Å². The van der Waals surface area contributed by atoms with Crippen LogP contribution in [0.5, 0.6) is 0 Å². The Morgan fingerprint density at radius 1 is 1.12 bits per heavy atom. The summed E-state index contributed by atoms with van der Waals surface area (Å²) in [5.74, 6) is 12.1. The van der Waals surface area contributed by atoms with Crippen molar-refractivity contribution >= 4 is 62.6 Å². The lowest BCUT2D eigenvalue weighted by atomic mass is 9.99. The predicted octanol–water partition coefficient (Wildman–Crippen LogP) is 5.34.